The van der Waals surface area contributed by atoms with Crippen LogP contribution < -0.4 is 0 Å². The molecule has 0 unspecified atom stereocenters. The lowest BCUT2D eigenvalue weighted by Gasteiger charge is -2.26. The zero-order valence-electron chi connectivity index (χ0n) is 26.5. The van der Waals surface area contributed by atoms with Crippen molar-refractivity contribution in [1.29, 1.82) is 0 Å². The summed E-state index contributed by atoms with van der Waals surface area (Å²) in [5.74, 6) is 0. The lowest BCUT2D eigenvalue weighted by atomic mass is 9.76. The SMILES string of the molecule is CC1(C)c2cc3ccccc3cc2-c2cccc(-c3c4ccccc4c(-c4ccc5ccc6ccccc6c5c4)c4ccccc34)c21. The second kappa shape index (κ2) is 9.64. The van der Waals surface area contributed by atoms with Gasteiger partial charge in [-0.2, -0.15) is 0 Å². The van der Waals surface area contributed by atoms with Crippen LogP contribution in [0.3, 0.4) is 0 Å². The minimum atomic E-state index is -0.147. The first-order valence-electron chi connectivity index (χ1n) is 16.6. The van der Waals surface area contributed by atoms with Crippen molar-refractivity contribution in [2.45, 2.75) is 19.3 Å². The molecule has 10 rings (SSSR count). The maximum Gasteiger partial charge on any atom is 0.0165 e. The molecular formula is C47H32. The summed E-state index contributed by atoms with van der Waals surface area (Å²) in [6.07, 6.45) is 0. The highest BCUT2D eigenvalue weighted by Gasteiger charge is 2.38. The molecule has 0 saturated heterocycles. The molecule has 0 heterocycles. The Morgan fingerprint density at radius 2 is 0.851 bits per heavy atom. The van der Waals surface area contributed by atoms with Gasteiger partial charge in [-0.3, -0.25) is 0 Å². The van der Waals surface area contributed by atoms with E-state index >= 15 is 0 Å². The number of benzene rings is 9. The third-order valence-corrected chi connectivity index (χ3v) is 10.8. The number of rotatable bonds is 2. The standard InChI is InChI=1S/C47H32/c1-47(2)43-28-32-14-4-3-13-31(32)26-42(43)39-20-11-21-40(46(39)47)45-37-18-9-7-16-35(37)44(36-17-8-10-19-38(36)45)33-25-24-30-23-22-29-12-5-6-15-34(29)41(30)27-33/h3-28H,1-2H3. The summed E-state index contributed by atoms with van der Waals surface area (Å²) in [6, 6.07) is 58.9. The fraction of sp³-hybridized carbons (Fsp3) is 0.0638. The largest absolute Gasteiger partial charge is 0.0616 e. The van der Waals surface area contributed by atoms with E-state index in [1.165, 1.54) is 98.4 Å². The van der Waals surface area contributed by atoms with Crippen molar-refractivity contribution < 1.29 is 0 Å². The molecule has 0 saturated carbocycles. The number of hydrogen-bond donors (Lipinski definition) is 0. The second-order valence-electron chi connectivity index (χ2n) is 13.7. The van der Waals surface area contributed by atoms with Crippen LogP contribution in [0.15, 0.2) is 158 Å². The van der Waals surface area contributed by atoms with E-state index in [2.05, 4.69) is 172 Å². The van der Waals surface area contributed by atoms with Crippen LogP contribution in [0.2, 0.25) is 0 Å². The van der Waals surface area contributed by atoms with Gasteiger partial charge in [0.2, 0.25) is 0 Å². The first-order chi connectivity index (χ1) is 23.1. The molecule has 0 spiro atoms. The molecule has 0 radical (unpaired) electrons. The van der Waals surface area contributed by atoms with Gasteiger partial charge in [-0.05, 0) is 117 Å². The minimum Gasteiger partial charge on any atom is -0.0616 e. The van der Waals surface area contributed by atoms with Crippen molar-refractivity contribution in [2.24, 2.45) is 0 Å². The van der Waals surface area contributed by atoms with Gasteiger partial charge in [0, 0.05) is 5.41 Å². The van der Waals surface area contributed by atoms with Gasteiger partial charge in [-0.1, -0.05) is 153 Å². The molecule has 0 fully saturated rings. The van der Waals surface area contributed by atoms with Crippen LogP contribution in [0.5, 0.6) is 0 Å². The molecule has 47 heavy (non-hydrogen) atoms. The van der Waals surface area contributed by atoms with Gasteiger partial charge in [0.25, 0.3) is 0 Å². The fourth-order valence-electron chi connectivity index (χ4n) is 8.66. The summed E-state index contributed by atoms with van der Waals surface area (Å²) in [7, 11) is 0. The quantitative estimate of drug-likeness (QED) is 0.138. The van der Waals surface area contributed by atoms with E-state index in [1.807, 2.05) is 0 Å². The summed E-state index contributed by atoms with van der Waals surface area (Å²) in [5, 5.41) is 12.9. The van der Waals surface area contributed by atoms with Crippen molar-refractivity contribution in [3.05, 3.63) is 169 Å². The predicted molar refractivity (Wildman–Crippen MR) is 202 cm³/mol. The number of hydrogen-bond acceptors (Lipinski definition) is 0. The molecule has 9 aromatic rings. The summed E-state index contributed by atoms with van der Waals surface area (Å²) in [6.45, 7) is 4.82. The maximum atomic E-state index is 2.43. The summed E-state index contributed by atoms with van der Waals surface area (Å²) in [5.41, 5.74) is 10.6. The van der Waals surface area contributed by atoms with Gasteiger partial charge in [0.1, 0.15) is 0 Å². The van der Waals surface area contributed by atoms with Crippen molar-refractivity contribution in [3.8, 4) is 33.4 Å². The zero-order chi connectivity index (χ0) is 31.3. The molecular weight excluding hydrogens is 565 g/mol. The minimum absolute atomic E-state index is 0.147. The molecule has 0 nitrogen and oxygen atoms in total. The molecule has 0 aromatic heterocycles. The zero-order valence-corrected chi connectivity index (χ0v) is 26.5. The van der Waals surface area contributed by atoms with Gasteiger partial charge >= 0.3 is 0 Å². The molecule has 220 valence electrons. The van der Waals surface area contributed by atoms with Crippen LogP contribution in [-0.2, 0) is 5.41 Å². The highest BCUT2D eigenvalue weighted by Crippen LogP contribution is 2.55. The summed E-state index contributed by atoms with van der Waals surface area (Å²) < 4.78 is 0. The van der Waals surface area contributed by atoms with Crippen molar-refractivity contribution in [1.82, 2.24) is 0 Å². The van der Waals surface area contributed by atoms with Crippen LogP contribution in [0.4, 0.5) is 0 Å². The molecule has 1 aliphatic carbocycles. The molecule has 0 bridgehead atoms. The van der Waals surface area contributed by atoms with Crippen molar-refractivity contribution >= 4 is 53.9 Å². The lowest BCUT2D eigenvalue weighted by molar-refractivity contribution is 0.663. The Morgan fingerprint density at radius 1 is 0.340 bits per heavy atom. The Balaban J connectivity index is 1.29. The van der Waals surface area contributed by atoms with Crippen LogP contribution in [0, 0.1) is 0 Å². The van der Waals surface area contributed by atoms with Gasteiger partial charge in [-0.25, -0.2) is 0 Å². The average molecular weight is 597 g/mol. The van der Waals surface area contributed by atoms with Crippen LogP contribution in [0.25, 0.3) is 87.2 Å². The summed E-state index contributed by atoms with van der Waals surface area (Å²) in [4.78, 5) is 0. The van der Waals surface area contributed by atoms with E-state index in [9.17, 15) is 0 Å². The third-order valence-electron chi connectivity index (χ3n) is 10.8. The van der Waals surface area contributed by atoms with Crippen LogP contribution in [0.1, 0.15) is 25.0 Å². The van der Waals surface area contributed by atoms with Gasteiger partial charge in [0.15, 0.2) is 0 Å². The lowest BCUT2D eigenvalue weighted by Crippen LogP contribution is -2.16. The van der Waals surface area contributed by atoms with E-state index in [0.717, 1.165) is 0 Å². The van der Waals surface area contributed by atoms with Crippen molar-refractivity contribution in [3.63, 3.8) is 0 Å². The Labute approximate surface area is 274 Å². The van der Waals surface area contributed by atoms with Gasteiger partial charge < -0.3 is 0 Å². The molecule has 9 aromatic carbocycles. The van der Waals surface area contributed by atoms with E-state index in [-0.39, 0.29) is 5.41 Å². The van der Waals surface area contributed by atoms with E-state index < -0.39 is 0 Å². The van der Waals surface area contributed by atoms with E-state index in [1.54, 1.807) is 0 Å². The Morgan fingerprint density at radius 3 is 1.53 bits per heavy atom. The normalized spacial score (nSPS) is 13.5. The maximum absolute atomic E-state index is 2.43. The summed E-state index contributed by atoms with van der Waals surface area (Å²) >= 11 is 0. The van der Waals surface area contributed by atoms with Gasteiger partial charge in [0.05, 0.1) is 0 Å². The molecule has 0 N–H and O–H groups in total. The smallest absolute Gasteiger partial charge is 0.0165 e. The monoisotopic (exact) mass is 596 g/mol. The number of fused-ring (bicyclic) bond motifs is 9. The fourth-order valence-corrected chi connectivity index (χ4v) is 8.66. The predicted octanol–water partition coefficient (Wildman–Crippen LogP) is 13.1. The topological polar surface area (TPSA) is 0 Å². The van der Waals surface area contributed by atoms with E-state index in [0.29, 0.717) is 0 Å². The van der Waals surface area contributed by atoms with Crippen LogP contribution in [-0.4, -0.2) is 0 Å². The molecule has 0 atom stereocenters. The van der Waals surface area contributed by atoms with Crippen molar-refractivity contribution in [2.75, 3.05) is 0 Å². The first-order valence-corrected chi connectivity index (χ1v) is 16.6. The highest BCUT2D eigenvalue weighted by atomic mass is 14.4. The first kappa shape index (κ1) is 26.5. The molecule has 1 aliphatic rings. The Kier molecular flexibility index (Phi) is 5.44. The highest BCUT2D eigenvalue weighted by molar-refractivity contribution is 6.23. The molecule has 0 amide bonds. The van der Waals surface area contributed by atoms with E-state index in [4.69, 9.17) is 0 Å². The third kappa shape index (κ3) is 3.70. The average Bonchev–Trinajstić information content (AvgIpc) is 3.34. The van der Waals surface area contributed by atoms with Crippen LogP contribution >= 0.6 is 0 Å². The Hall–Kier alpha value is -5.72. The second-order valence-corrected chi connectivity index (χ2v) is 13.7. The molecule has 0 heteroatoms. The molecule has 0 aliphatic heterocycles. The Bertz CT molecular complexity index is 2700. The van der Waals surface area contributed by atoms with Gasteiger partial charge in [-0.15, -0.1) is 0 Å².